The molecule has 1 saturated heterocycles. The number of halogens is 1. The third kappa shape index (κ3) is 4.25. The number of hydrogen-bond donors (Lipinski definition) is 0. The van der Waals surface area contributed by atoms with Gasteiger partial charge in [0, 0.05) is 54.3 Å². The largest absolute Gasteiger partial charge is 0.462 e. The minimum Gasteiger partial charge on any atom is -0.462 e. The van der Waals surface area contributed by atoms with Gasteiger partial charge in [0.05, 0.1) is 23.5 Å². The fourth-order valence-corrected chi connectivity index (χ4v) is 6.42. The highest BCUT2D eigenvalue weighted by molar-refractivity contribution is 6.36. The van der Waals surface area contributed by atoms with E-state index in [2.05, 4.69) is 51.2 Å². The normalized spacial score (nSPS) is 19.6. The molecule has 5 heterocycles. The van der Waals surface area contributed by atoms with Crippen LogP contribution in [0.1, 0.15) is 35.4 Å². The van der Waals surface area contributed by atoms with Crippen molar-refractivity contribution in [3.05, 3.63) is 70.2 Å². The van der Waals surface area contributed by atoms with Gasteiger partial charge in [-0.25, -0.2) is 0 Å². The number of likely N-dealkylation sites (N-methyl/N-ethyl adjacent to an activating group) is 1. The maximum Gasteiger partial charge on any atom is 0.318 e. The second-order valence-corrected chi connectivity index (χ2v) is 11.0. The van der Waals surface area contributed by atoms with Gasteiger partial charge in [-0.1, -0.05) is 41.0 Å². The van der Waals surface area contributed by atoms with E-state index >= 15 is 0 Å². The second-order valence-electron chi connectivity index (χ2n) is 10.6. The minimum atomic E-state index is 0.405. The zero-order valence-corrected chi connectivity index (χ0v) is 22.3. The molecule has 0 saturated carbocycles. The number of nitrogens with zero attached hydrogens (tertiary/aromatic N) is 6. The van der Waals surface area contributed by atoms with E-state index in [0.29, 0.717) is 25.2 Å². The van der Waals surface area contributed by atoms with Gasteiger partial charge in [-0.2, -0.15) is 9.97 Å². The number of rotatable bonds is 5. The molecule has 0 bridgehead atoms. The Morgan fingerprint density at radius 3 is 2.76 bits per heavy atom. The summed E-state index contributed by atoms with van der Waals surface area (Å²) in [5, 5.41) is 7.02. The molecule has 7 rings (SSSR count). The zero-order valence-electron chi connectivity index (χ0n) is 21.6. The average Bonchev–Trinajstić information content (AvgIpc) is 3.59. The van der Waals surface area contributed by atoms with Crippen molar-refractivity contribution in [2.75, 3.05) is 43.1 Å². The summed E-state index contributed by atoms with van der Waals surface area (Å²) in [6, 6.07) is 13.3. The molecule has 3 aliphatic rings. The summed E-state index contributed by atoms with van der Waals surface area (Å²) >= 11 is 6.69. The number of benzene rings is 2. The lowest BCUT2D eigenvalue weighted by Gasteiger charge is -2.35. The van der Waals surface area contributed by atoms with Crippen molar-refractivity contribution in [2.24, 2.45) is 0 Å². The predicted molar refractivity (Wildman–Crippen MR) is 148 cm³/mol. The van der Waals surface area contributed by atoms with Crippen LogP contribution < -0.4 is 14.5 Å². The van der Waals surface area contributed by atoms with E-state index in [1.807, 2.05) is 18.3 Å². The summed E-state index contributed by atoms with van der Waals surface area (Å²) < 4.78 is 11.7. The Morgan fingerprint density at radius 2 is 1.89 bits per heavy atom. The van der Waals surface area contributed by atoms with E-state index in [1.54, 1.807) is 0 Å². The van der Waals surface area contributed by atoms with Gasteiger partial charge in [-0.05, 0) is 50.4 Å². The first-order valence-corrected chi connectivity index (χ1v) is 13.8. The predicted octanol–water partition coefficient (Wildman–Crippen LogP) is 4.87. The van der Waals surface area contributed by atoms with Gasteiger partial charge in [0.25, 0.3) is 0 Å². The van der Waals surface area contributed by atoms with Crippen molar-refractivity contribution in [3.63, 3.8) is 0 Å². The average molecular weight is 531 g/mol. The van der Waals surface area contributed by atoms with Gasteiger partial charge in [0.2, 0.25) is 0 Å². The standard InChI is InChI=1S/C29H31ClN6O2/c1-34-12-4-7-21(34)18-37-29-32-24-17-35(25-9-3-6-19-5-2-8-23(30)27(19)25)13-10-22(24)28(33-29)36-14-11-26-20(16-36)15-31-38-26/h2-3,5-6,8-9,15,21H,4,7,10-14,16-18H2,1H3/t21-/m0/s1. The quantitative estimate of drug-likeness (QED) is 0.362. The van der Waals surface area contributed by atoms with Gasteiger partial charge in [0.1, 0.15) is 18.2 Å². The summed E-state index contributed by atoms with van der Waals surface area (Å²) in [5.74, 6) is 1.95. The third-order valence-corrected chi connectivity index (χ3v) is 8.59. The Morgan fingerprint density at radius 1 is 1.03 bits per heavy atom. The lowest BCUT2D eigenvalue weighted by atomic mass is 10.0. The Balaban J connectivity index is 1.24. The highest BCUT2D eigenvalue weighted by Gasteiger charge is 2.30. The van der Waals surface area contributed by atoms with Gasteiger partial charge < -0.3 is 24.0 Å². The molecule has 38 heavy (non-hydrogen) atoms. The molecule has 2 aromatic carbocycles. The molecule has 9 heteroatoms. The van der Waals surface area contributed by atoms with Crippen molar-refractivity contribution in [2.45, 2.75) is 44.8 Å². The van der Waals surface area contributed by atoms with Crippen LogP contribution in [0.15, 0.2) is 47.1 Å². The topological polar surface area (TPSA) is 70.8 Å². The van der Waals surface area contributed by atoms with E-state index < -0.39 is 0 Å². The van der Waals surface area contributed by atoms with Crippen LogP contribution in [0.5, 0.6) is 6.01 Å². The van der Waals surface area contributed by atoms with Crippen LogP contribution in [-0.4, -0.2) is 59.4 Å². The van der Waals surface area contributed by atoms with E-state index in [1.165, 1.54) is 12.0 Å². The molecular formula is C29H31ClN6O2. The molecule has 0 N–H and O–H groups in total. The number of likely N-dealkylation sites (tertiary alicyclic amines) is 1. The van der Waals surface area contributed by atoms with Crippen LogP contribution in [0.3, 0.4) is 0 Å². The molecule has 0 amide bonds. The number of aromatic nitrogens is 3. The van der Waals surface area contributed by atoms with Crippen LogP contribution in [0.2, 0.25) is 5.02 Å². The molecule has 2 aromatic heterocycles. The van der Waals surface area contributed by atoms with Crippen molar-refractivity contribution in [1.29, 1.82) is 0 Å². The maximum absolute atomic E-state index is 6.69. The molecule has 0 aliphatic carbocycles. The van der Waals surface area contributed by atoms with Gasteiger partial charge in [-0.3, -0.25) is 0 Å². The molecular weight excluding hydrogens is 500 g/mol. The Kier molecular flexibility index (Phi) is 6.09. The smallest absolute Gasteiger partial charge is 0.318 e. The Bertz CT molecular complexity index is 1480. The summed E-state index contributed by atoms with van der Waals surface area (Å²) in [7, 11) is 2.16. The van der Waals surface area contributed by atoms with Gasteiger partial charge >= 0.3 is 6.01 Å². The lowest BCUT2D eigenvalue weighted by Crippen LogP contribution is -2.36. The first-order valence-electron chi connectivity index (χ1n) is 13.5. The Hall–Kier alpha value is -3.36. The highest BCUT2D eigenvalue weighted by atomic mass is 35.5. The summed E-state index contributed by atoms with van der Waals surface area (Å²) in [6.45, 7) is 4.83. The number of fused-ring (bicyclic) bond motifs is 3. The molecule has 4 aromatic rings. The van der Waals surface area contributed by atoms with Crippen LogP contribution >= 0.6 is 11.6 Å². The first-order chi connectivity index (χ1) is 18.6. The fraction of sp³-hybridized carbons (Fsp3) is 0.414. The molecule has 1 fully saturated rings. The minimum absolute atomic E-state index is 0.405. The van der Waals surface area contributed by atoms with Crippen LogP contribution in [0.4, 0.5) is 11.5 Å². The van der Waals surface area contributed by atoms with Crippen molar-refractivity contribution < 1.29 is 9.26 Å². The summed E-state index contributed by atoms with van der Waals surface area (Å²) in [4.78, 5) is 17.1. The molecule has 1 atom stereocenters. The molecule has 0 unspecified atom stereocenters. The lowest BCUT2D eigenvalue weighted by molar-refractivity contribution is 0.187. The highest BCUT2D eigenvalue weighted by Crippen LogP contribution is 2.37. The van der Waals surface area contributed by atoms with E-state index in [4.69, 9.17) is 30.8 Å². The SMILES string of the molecule is CN1CCC[C@H]1COc1nc2c(c(N3CCc4oncc4C3)n1)CCN(c1cccc3cccc(Cl)c13)C2. The number of anilines is 2. The van der Waals surface area contributed by atoms with Crippen molar-refractivity contribution in [3.8, 4) is 6.01 Å². The molecule has 0 spiro atoms. The molecule has 0 radical (unpaired) electrons. The number of ether oxygens (including phenoxy) is 1. The van der Waals surface area contributed by atoms with E-state index in [-0.39, 0.29) is 0 Å². The van der Waals surface area contributed by atoms with Gasteiger partial charge in [-0.15, -0.1) is 0 Å². The number of hydrogen-bond acceptors (Lipinski definition) is 8. The Labute approximate surface area is 227 Å². The second kappa shape index (κ2) is 9.75. The zero-order chi connectivity index (χ0) is 25.6. The van der Waals surface area contributed by atoms with E-state index in [9.17, 15) is 0 Å². The first kappa shape index (κ1) is 23.7. The molecule has 3 aliphatic heterocycles. The van der Waals surface area contributed by atoms with Crippen LogP contribution in [-0.2, 0) is 25.9 Å². The van der Waals surface area contributed by atoms with Gasteiger partial charge in [0.15, 0.2) is 0 Å². The van der Waals surface area contributed by atoms with E-state index in [0.717, 1.165) is 89.8 Å². The molecule has 8 nitrogen and oxygen atoms in total. The monoisotopic (exact) mass is 530 g/mol. The third-order valence-electron chi connectivity index (χ3n) is 8.27. The van der Waals surface area contributed by atoms with Crippen molar-refractivity contribution in [1.82, 2.24) is 20.0 Å². The van der Waals surface area contributed by atoms with Crippen molar-refractivity contribution >= 4 is 33.9 Å². The summed E-state index contributed by atoms with van der Waals surface area (Å²) in [6.07, 6.45) is 5.85. The fourth-order valence-electron chi connectivity index (χ4n) is 6.14. The maximum atomic E-state index is 6.69. The summed E-state index contributed by atoms with van der Waals surface area (Å²) in [5.41, 5.74) is 4.50. The van der Waals surface area contributed by atoms with Crippen LogP contribution in [0.25, 0.3) is 10.8 Å². The van der Waals surface area contributed by atoms with Crippen LogP contribution in [0, 0.1) is 0 Å². The molecule has 196 valence electrons.